The van der Waals surface area contributed by atoms with Crippen LogP contribution < -0.4 is 37.9 Å². The molecule has 11 rings (SSSR count). The summed E-state index contributed by atoms with van der Waals surface area (Å²) in [6.45, 7) is 11.8. The lowest BCUT2D eigenvalue weighted by Gasteiger charge is -2.18. The van der Waals surface area contributed by atoms with Crippen LogP contribution in [0.2, 0.25) is 40.2 Å². The maximum absolute atomic E-state index is 7.49. The van der Waals surface area contributed by atoms with Crippen molar-refractivity contribution in [3.05, 3.63) is 40.2 Å². The van der Waals surface area contributed by atoms with E-state index in [9.17, 15) is 0 Å². The van der Waals surface area contributed by atoms with Gasteiger partial charge in [0.15, 0.2) is 69.3 Å². The number of rotatable bonds is 20. The summed E-state index contributed by atoms with van der Waals surface area (Å²) in [6.07, 6.45) is 9.63. The molecule has 8 bridgehead atoms. The number of unbranched alkanes of at least 4 members (excludes halogenated alkanes) is 8. The van der Waals surface area contributed by atoms with E-state index in [4.69, 9.17) is 189 Å². The zero-order valence-corrected chi connectivity index (χ0v) is 61.1. The third-order valence-electron chi connectivity index (χ3n) is 16.2. The Morgan fingerprint density at radius 2 is 0.520 bits per heavy atom. The lowest BCUT2D eigenvalue weighted by Crippen LogP contribution is -2.14. The topological polar surface area (TPSA) is 238 Å². The summed E-state index contributed by atoms with van der Waals surface area (Å²) in [5.74, 6) is 0.979. The molecule has 0 saturated heterocycles. The van der Waals surface area contributed by atoms with Gasteiger partial charge in [0.25, 0.3) is 0 Å². The first-order chi connectivity index (χ1) is 47.9. The number of hydrogen-bond acceptors (Lipinski definition) is 20. The number of fused-ring (bicyclic) bond motifs is 8. The van der Waals surface area contributed by atoms with Gasteiger partial charge in [-0.3, -0.25) is 0 Å². The Hall–Kier alpha value is -5.28. The van der Waals surface area contributed by atoms with E-state index < -0.39 is 0 Å². The summed E-state index contributed by atoms with van der Waals surface area (Å²) in [6, 6.07) is 0. The van der Waals surface area contributed by atoms with Crippen LogP contribution in [0, 0.1) is 0 Å². The number of aromatic nitrogens is 8. The lowest BCUT2D eigenvalue weighted by atomic mass is 10.1. The number of hydrogen-bond donors (Lipinski definition) is 2. The van der Waals surface area contributed by atoms with Crippen molar-refractivity contribution in [3.63, 3.8) is 0 Å². The van der Waals surface area contributed by atoms with Gasteiger partial charge in [0.1, 0.15) is 89.2 Å². The predicted octanol–water partition coefficient (Wildman–Crippen LogP) is 18.0. The van der Waals surface area contributed by atoms with Crippen molar-refractivity contribution in [1.82, 2.24) is 39.9 Å². The summed E-state index contributed by atoms with van der Waals surface area (Å²) in [4.78, 5) is 39.7. The van der Waals surface area contributed by atoms with Crippen molar-refractivity contribution < 1.29 is 66.3 Å². The molecule has 0 unspecified atom stereocenters. The van der Waals surface area contributed by atoms with Gasteiger partial charge in [-0.2, -0.15) is 0 Å². The molecule has 2 N–H and O–H groups in total. The first-order valence-electron chi connectivity index (χ1n) is 33.4. The van der Waals surface area contributed by atoms with E-state index in [-0.39, 0.29) is 308 Å². The number of nitrogens with one attached hydrogen (secondary N) is 2. The Morgan fingerprint density at radius 1 is 0.276 bits per heavy atom. The molecule has 22 nitrogen and oxygen atoms in total. The second-order valence-corrected chi connectivity index (χ2v) is 26.1. The Bertz CT molecular complexity index is 3890. The molecule has 7 aromatic rings. The van der Waals surface area contributed by atoms with Gasteiger partial charge in [-0.25, -0.2) is 29.9 Å². The molecular formula is C68H78Cl8N8O14. The maximum Gasteiger partial charge on any atom is 0.168 e. The van der Waals surface area contributed by atoms with Crippen molar-refractivity contribution in [2.75, 3.05) is 132 Å². The number of halogens is 8. The van der Waals surface area contributed by atoms with Crippen LogP contribution >= 0.6 is 92.8 Å². The summed E-state index contributed by atoms with van der Waals surface area (Å²) < 4.78 is 89.7. The van der Waals surface area contributed by atoms with Gasteiger partial charge < -0.3 is 76.3 Å². The Morgan fingerprint density at radius 3 is 0.827 bits per heavy atom. The monoisotopic (exact) mass is 1510 g/mol. The van der Waals surface area contributed by atoms with Crippen molar-refractivity contribution in [1.29, 1.82) is 0 Å². The third-order valence-corrected chi connectivity index (χ3v) is 19.4. The number of benzene rings is 4. The molecule has 4 aromatic carbocycles. The minimum atomic E-state index is -0.0183. The average molecular weight is 1520 g/mol. The second kappa shape index (κ2) is 36.0. The molecule has 0 aliphatic carbocycles. The van der Waals surface area contributed by atoms with Crippen LogP contribution in [0.3, 0.4) is 0 Å². The standard InChI is InChI=1S/C68H78Cl8N8O14/c1-5-9-13-17-91-53-37-41-57(49(73)45(53)69)95-33-29-87-25-21-85-22-26-89-31-35-97-59-43-39(55(47(71)51(59)75)93-19-15-11-7-3)63-78-64-40-44-60(52(76)48(72)56(40)94-20-16-12-8-4)98-36-32-90-28-24-86-23-27-88-30-34-96-58-42-38(54(46(70)50(58)74)92-18-14-10-6-2)62(80-67(42)84-68(44)82-64)77-61(37)79-65(41)83-66(43)81-63/h5-36H2,1-4H3,(H2,77,78,79,80,81,82,83,84). The molecular weight excluding hydrogens is 1440 g/mol. The van der Waals surface area contributed by atoms with Crippen molar-refractivity contribution in [2.24, 2.45) is 0 Å². The van der Waals surface area contributed by atoms with Crippen LogP contribution in [0.25, 0.3) is 89.7 Å². The van der Waals surface area contributed by atoms with Crippen molar-refractivity contribution in [2.45, 2.75) is 105 Å². The minimum absolute atomic E-state index is 0.00114. The normalized spacial score (nSPS) is 15.2. The number of ether oxygens (including phenoxy) is 14. The zero-order chi connectivity index (χ0) is 68.7. The Balaban J connectivity index is 1.37. The highest BCUT2D eigenvalue weighted by Crippen LogP contribution is 2.58. The van der Waals surface area contributed by atoms with Gasteiger partial charge in [0.05, 0.1) is 150 Å². The van der Waals surface area contributed by atoms with Crippen LogP contribution in [0.15, 0.2) is 0 Å². The Labute approximate surface area is 607 Å². The van der Waals surface area contributed by atoms with Gasteiger partial charge in [-0.15, -0.1) is 0 Å². The summed E-state index contributed by atoms with van der Waals surface area (Å²) in [5, 5.41) is 1.18. The molecule has 0 atom stereocenters. The fourth-order valence-corrected chi connectivity index (χ4v) is 13.3. The first kappa shape index (κ1) is 73.9. The van der Waals surface area contributed by atoms with Crippen LogP contribution in [0.1, 0.15) is 105 Å². The minimum Gasteiger partial charge on any atom is -0.491 e. The molecule has 0 amide bonds. The SMILES string of the molecule is CCCCCOc1c(Cl)c(Cl)c2c3c1-c1nc-3nc3[nH]c(nc4nc5nc6[nH]c(n1)c1c(OCCCCC)c(Cl)c(Cl)c(c61)OCCOCCOCCOCCOc1c(Cl)c(Cl)c(OCCCCC)c-4c1-5)c1c(OCCCCC)c(Cl)c(Cl)c(c31)OCCOCCOCCOCCO2. The number of H-pyrrole nitrogens is 2. The zero-order valence-electron chi connectivity index (χ0n) is 55.0. The van der Waals surface area contributed by atoms with E-state index in [1.807, 2.05) is 0 Å². The molecule has 3 aromatic heterocycles. The van der Waals surface area contributed by atoms with Gasteiger partial charge in [-0.1, -0.05) is 172 Å². The third kappa shape index (κ3) is 16.4. The molecule has 0 spiro atoms. The molecule has 4 aliphatic rings. The van der Waals surface area contributed by atoms with E-state index in [0.717, 1.165) is 51.4 Å². The van der Waals surface area contributed by atoms with E-state index >= 15 is 0 Å². The van der Waals surface area contributed by atoms with E-state index in [2.05, 4.69) is 37.7 Å². The number of aromatic amines is 2. The summed E-state index contributed by atoms with van der Waals surface area (Å²) in [7, 11) is 0. The van der Waals surface area contributed by atoms with E-state index in [1.54, 1.807) is 0 Å². The van der Waals surface area contributed by atoms with Crippen LogP contribution in [0.5, 0.6) is 46.0 Å². The highest BCUT2D eigenvalue weighted by atomic mass is 35.5. The van der Waals surface area contributed by atoms with Gasteiger partial charge >= 0.3 is 0 Å². The summed E-state index contributed by atoms with van der Waals surface area (Å²) >= 11 is 59.9. The van der Waals surface area contributed by atoms with Crippen molar-refractivity contribution in [3.8, 4) is 91.5 Å². The molecule has 0 saturated carbocycles. The predicted molar refractivity (Wildman–Crippen MR) is 383 cm³/mol. The summed E-state index contributed by atoms with van der Waals surface area (Å²) in [5.41, 5.74) is 1.37. The molecule has 30 heteroatoms. The lowest BCUT2D eigenvalue weighted by molar-refractivity contribution is 0.00509. The molecule has 0 fully saturated rings. The first-order valence-corrected chi connectivity index (χ1v) is 36.5. The van der Waals surface area contributed by atoms with Gasteiger partial charge in [0.2, 0.25) is 0 Å². The van der Waals surface area contributed by atoms with Crippen LogP contribution in [0.4, 0.5) is 0 Å². The van der Waals surface area contributed by atoms with E-state index in [1.165, 1.54) is 0 Å². The fraction of sp³-hybridized carbons (Fsp3) is 0.529. The highest BCUT2D eigenvalue weighted by Gasteiger charge is 2.38. The van der Waals surface area contributed by atoms with Crippen molar-refractivity contribution >= 4 is 137 Å². The smallest absolute Gasteiger partial charge is 0.168 e. The van der Waals surface area contributed by atoms with Crippen LogP contribution in [-0.4, -0.2) is 172 Å². The van der Waals surface area contributed by atoms with Gasteiger partial charge in [0, 0.05) is 0 Å². The molecule has 530 valence electrons. The maximum atomic E-state index is 7.49. The molecule has 98 heavy (non-hydrogen) atoms. The number of nitrogens with zero attached hydrogens (tertiary/aromatic N) is 6. The van der Waals surface area contributed by atoms with Gasteiger partial charge in [-0.05, 0) is 25.7 Å². The molecule has 4 aliphatic heterocycles. The second-order valence-electron chi connectivity index (χ2n) is 23.0. The average Bonchev–Trinajstić information content (AvgIpc) is 1.56. The fourth-order valence-electron chi connectivity index (χ4n) is 11.4. The quantitative estimate of drug-likeness (QED) is 0.0674. The largest absolute Gasteiger partial charge is 0.491 e. The highest BCUT2D eigenvalue weighted by molar-refractivity contribution is 6.48. The molecule has 0 radical (unpaired) electrons. The Kier molecular flexibility index (Phi) is 27.2. The molecule has 7 heterocycles. The van der Waals surface area contributed by atoms with E-state index in [0.29, 0.717) is 25.7 Å². The van der Waals surface area contributed by atoms with Crippen LogP contribution in [-0.2, 0) is 28.4 Å².